The van der Waals surface area contributed by atoms with Crippen molar-refractivity contribution >= 4 is 0 Å². The zero-order valence-corrected chi connectivity index (χ0v) is 12.5. The molecule has 3 nitrogen and oxygen atoms in total. The molecule has 0 aromatic heterocycles. The molecule has 1 unspecified atom stereocenters. The molecule has 0 aromatic rings. The summed E-state index contributed by atoms with van der Waals surface area (Å²) in [5.41, 5.74) is -0.356. The fourth-order valence-corrected chi connectivity index (χ4v) is 2.63. The minimum Gasteiger partial charge on any atom is -0.301 e. The molecular weight excluding hydrogens is 222 g/mol. The van der Waals surface area contributed by atoms with Crippen molar-refractivity contribution in [2.24, 2.45) is 0 Å². The average molecular weight is 251 g/mol. The number of unbranched alkanes of at least 4 members (excludes halogenated alkanes) is 1. The fourth-order valence-electron chi connectivity index (χ4n) is 2.63. The van der Waals surface area contributed by atoms with Gasteiger partial charge >= 0.3 is 0 Å². The van der Waals surface area contributed by atoms with E-state index in [-0.39, 0.29) is 5.54 Å². The Morgan fingerprint density at radius 3 is 2.50 bits per heavy atom. The van der Waals surface area contributed by atoms with E-state index in [1.54, 1.807) is 0 Å². The molecule has 1 aliphatic carbocycles. The maximum atomic E-state index is 9.26. The summed E-state index contributed by atoms with van der Waals surface area (Å²) in [4.78, 5) is 2.58. The van der Waals surface area contributed by atoms with E-state index in [0.29, 0.717) is 6.04 Å². The maximum absolute atomic E-state index is 9.26. The van der Waals surface area contributed by atoms with E-state index in [9.17, 15) is 5.26 Å². The van der Waals surface area contributed by atoms with Gasteiger partial charge in [-0.2, -0.15) is 5.26 Å². The molecule has 1 fully saturated rings. The highest BCUT2D eigenvalue weighted by atomic mass is 15.2. The second kappa shape index (κ2) is 7.11. The van der Waals surface area contributed by atoms with Gasteiger partial charge in [-0.15, -0.1) is 0 Å². The Kier molecular flexibility index (Phi) is 6.11. The normalized spacial score (nSPS) is 18.9. The molecule has 0 bridgehead atoms. The van der Waals surface area contributed by atoms with Crippen LogP contribution in [0.5, 0.6) is 0 Å². The Morgan fingerprint density at radius 1 is 1.39 bits per heavy atom. The van der Waals surface area contributed by atoms with Gasteiger partial charge in [0.15, 0.2) is 0 Å². The third kappa shape index (κ3) is 5.37. The van der Waals surface area contributed by atoms with E-state index in [1.165, 1.54) is 32.4 Å². The van der Waals surface area contributed by atoms with Crippen LogP contribution in [0.1, 0.15) is 59.8 Å². The van der Waals surface area contributed by atoms with E-state index in [4.69, 9.17) is 0 Å². The van der Waals surface area contributed by atoms with Crippen LogP contribution in [0.4, 0.5) is 0 Å². The highest BCUT2D eigenvalue weighted by Gasteiger charge is 2.28. The second-order valence-electron chi connectivity index (χ2n) is 6.06. The van der Waals surface area contributed by atoms with Gasteiger partial charge in [-0.05, 0) is 66.0 Å². The molecule has 104 valence electrons. The molecule has 0 aromatic carbocycles. The second-order valence-corrected chi connectivity index (χ2v) is 6.06. The summed E-state index contributed by atoms with van der Waals surface area (Å²) in [5.74, 6) is 0. The Morgan fingerprint density at radius 2 is 2.06 bits per heavy atom. The SMILES string of the molecule is CCN(CCCCC(C)(C#N)NC(C)C)C1CC1. The van der Waals surface area contributed by atoms with E-state index >= 15 is 0 Å². The maximum Gasteiger partial charge on any atom is 0.104 e. The number of rotatable bonds is 9. The first kappa shape index (κ1) is 15.5. The number of hydrogen-bond acceptors (Lipinski definition) is 3. The van der Waals surface area contributed by atoms with Crippen LogP contribution in [0, 0.1) is 11.3 Å². The predicted molar refractivity (Wildman–Crippen MR) is 76.4 cm³/mol. The van der Waals surface area contributed by atoms with E-state index in [0.717, 1.165) is 18.9 Å². The third-order valence-electron chi connectivity index (χ3n) is 3.70. The molecular formula is C15H29N3. The molecule has 1 N–H and O–H groups in total. The number of nitrogens with zero attached hydrogens (tertiary/aromatic N) is 2. The van der Waals surface area contributed by atoms with E-state index in [1.807, 2.05) is 6.92 Å². The van der Waals surface area contributed by atoms with Crippen molar-refractivity contribution in [3.8, 4) is 6.07 Å². The van der Waals surface area contributed by atoms with Gasteiger partial charge in [0.05, 0.1) is 6.07 Å². The van der Waals surface area contributed by atoms with Gasteiger partial charge in [0.1, 0.15) is 5.54 Å². The van der Waals surface area contributed by atoms with Gasteiger partial charge in [-0.25, -0.2) is 0 Å². The van der Waals surface area contributed by atoms with Crippen molar-refractivity contribution in [1.29, 1.82) is 5.26 Å². The fraction of sp³-hybridized carbons (Fsp3) is 0.933. The predicted octanol–water partition coefficient (Wildman–Crippen LogP) is 2.92. The van der Waals surface area contributed by atoms with Gasteiger partial charge in [0, 0.05) is 12.1 Å². The summed E-state index contributed by atoms with van der Waals surface area (Å²) in [6, 6.07) is 3.66. The highest BCUT2D eigenvalue weighted by molar-refractivity contribution is 5.04. The van der Waals surface area contributed by atoms with Crippen molar-refractivity contribution in [2.75, 3.05) is 13.1 Å². The van der Waals surface area contributed by atoms with Gasteiger partial charge in [0.25, 0.3) is 0 Å². The van der Waals surface area contributed by atoms with Crippen LogP contribution < -0.4 is 5.32 Å². The molecule has 0 radical (unpaired) electrons. The summed E-state index contributed by atoms with van der Waals surface area (Å²) in [5, 5.41) is 12.6. The zero-order chi connectivity index (χ0) is 13.6. The lowest BCUT2D eigenvalue weighted by Gasteiger charge is -2.26. The van der Waals surface area contributed by atoms with Crippen molar-refractivity contribution in [1.82, 2.24) is 10.2 Å². The topological polar surface area (TPSA) is 39.1 Å². The number of hydrogen-bond donors (Lipinski definition) is 1. The average Bonchev–Trinajstić information content (AvgIpc) is 3.12. The summed E-state index contributed by atoms with van der Waals surface area (Å²) >= 11 is 0. The lowest BCUT2D eigenvalue weighted by Crippen LogP contribution is -2.45. The first-order valence-electron chi connectivity index (χ1n) is 7.43. The van der Waals surface area contributed by atoms with E-state index < -0.39 is 0 Å². The molecule has 18 heavy (non-hydrogen) atoms. The van der Waals surface area contributed by atoms with Crippen molar-refractivity contribution in [3.05, 3.63) is 0 Å². The first-order chi connectivity index (χ1) is 8.50. The first-order valence-corrected chi connectivity index (χ1v) is 7.43. The lowest BCUT2D eigenvalue weighted by molar-refractivity contribution is 0.264. The third-order valence-corrected chi connectivity index (χ3v) is 3.70. The molecule has 0 amide bonds. The number of nitriles is 1. The summed E-state index contributed by atoms with van der Waals surface area (Å²) in [6.45, 7) is 10.8. The molecule has 1 rings (SSSR count). The van der Waals surface area contributed by atoms with Crippen LogP contribution in [0.25, 0.3) is 0 Å². The quantitative estimate of drug-likeness (QED) is 0.640. The van der Waals surface area contributed by atoms with Crippen molar-refractivity contribution in [2.45, 2.75) is 77.4 Å². The van der Waals surface area contributed by atoms with Crippen LogP contribution in [0.3, 0.4) is 0 Å². The van der Waals surface area contributed by atoms with Gasteiger partial charge in [0.2, 0.25) is 0 Å². The van der Waals surface area contributed by atoms with Crippen LogP contribution in [-0.2, 0) is 0 Å². The minimum absolute atomic E-state index is 0.356. The Balaban J connectivity index is 2.20. The molecule has 0 spiro atoms. The number of nitrogens with one attached hydrogen (secondary N) is 1. The van der Waals surface area contributed by atoms with Crippen molar-refractivity contribution < 1.29 is 0 Å². The zero-order valence-electron chi connectivity index (χ0n) is 12.5. The van der Waals surface area contributed by atoms with Crippen LogP contribution in [0.15, 0.2) is 0 Å². The largest absolute Gasteiger partial charge is 0.301 e. The van der Waals surface area contributed by atoms with Crippen LogP contribution >= 0.6 is 0 Å². The highest BCUT2D eigenvalue weighted by Crippen LogP contribution is 2.27. The van der Waals surface area contributed by atoms with Gasteiger partial charge < -0.3 is 4.90 Å². The monoisotopic (exact) mass is 251 g/mol. The molecule has 0 aliphatic heterocycles. The summed E-state index contributed by atoms with van der Waals surface area (Å²) < 4.78 is 0. The smallest absolute Gasteiger partial charge is 0.104 e. The molecule has 0 saturated heterocycles. The van der Waals surface area contributed by atoms with Crippen LogP contribution in [-0.4, -0.2) is 35.6 Å². The van der Waals surface area contributed by atoms with E-state index in [2.05, 4.69) is 37.1 Å². The standard InChI is InChI=1S/C15H29N3/c1-5-18(14-8-9-14)11-7-6-10-15(4,12-16)17-13(2)3/h13-14,17H,5-11H2,1-4H3. The summed E-state index contributed by atoms with van der Waals surface area (Å²) in [7, 11) is 0. The van der Waals surface area contributed by atoms with Crippen molar-refractivity contribution in [3.63, 3.8) is 0 Å². The van der Waals surface area contributed by atoms with Gasteiger partial charge in [-0.1, -0.05) is 6.92 Å². The Bertz CT molecular complexity index is 278. The summed E-state index contributed by atoms with van der Waals surface area (Å²) in [6.07, 6.45) is 6.07. The lowest BCUT2D eigenvalue weighted by atomic mass is 9.95. The molecule has 1 aliphatic rings. The molecule has 1 saturated carbocycles. The molecule has 1 atom stereocenters. The molecule has 3 heteroatoms. The Hall–Kier alpha value is -0.590. The minimum atomic E-state index is -0.356. The van der Waals surface area contributed by atoms with Crippen LogP contribution in [0.2, 0.25) is 0 Å². The van der Waals surface area contributed by atoms with Gasteiger partial charge in [-0.3, -0.25) is 5.32 Å². The Labute approximate surface area is 113 Å². The molecule has 0 heterocycles.